The minimum Gasteiger partial charge on any atom is -0.325 e. The minimum absolute atomic E-state index is 0.0111. The largest absolute Gasteiger partial charge is 0.325 e. The number of nitrogens with zero attached hydrogens (tertiary/aromatic N) is 2. The van der Waals surface area contributed by atoms with Gasteiger partial charge in [0.2, 0.25) is 15.9 Å². The number of rotatable bonds is 6. The van der Waals surface area contributed by atoms with Gasteiger partial charge in [-0.15, -0.1) is 0 Å². The molecule has 1 aliphatic rings. The topological polar surface area (TPSA) is 69.7 Å². The predicted molar refractivity (Wildman–Crippen MR) is 111 cm³/mol. The van der Waals surface area contributed by atoms with Gasteiger partial charge in [-0.2, -0.15) is 4.31 Å². The molecule has 0 aliphatic carbocycles. The number of piperazine rings is 1. The average molecular weight is 402 g/mol. The van der Waals surface area contributed by atoms with E-state index >= 15 is 0 Å². The van der Waals surface area contributed by atoms with Crippen molar-refractivity contribution in [3.05, 3.63) is 65.7 Å². The molecule has 1 atom stereocenters. The van der Waals surface area contributed by atoms with Crippen molar-refractivity contribution in [2.75, 3.05) is 31.5 Å². The molecule has 3 rings (SSSR count). The highest BCUT2D eigenvalue weighted by Gasteiger charge is 2.30. The number of hydrogen-bond acceptors (Lipinski definition) is 4. The van der Waals surface area contributed by atoms with E-state index < -0.39 is 10.0 Å². The van der Waals surface area contributed by atoms with Crippen LogP contribution in [0.15, 0.2) is 54.6 Å². The second-order valence-corrected chi connectivity index (χ2v) is 9.18. The molecule has 0 saturated carbocycles. The summed E-state index contributed by atoms with van der Waals surface area (Å²) in [4.78, 5) is 14.6. The van der Waals surface area contributed by atoms with E-state index in [4.69, 9.17) is 0 Å². The van der Waals surface area contributed by atoms with E-state index in [1.807, 2.05) is 73.3 Å². The lowest BCUT2D eigenvalue weighted by atomic mass is 10.2. The first-order chi connectivity index (χ1) is 13.3. The summed E-state index contributed by atoms with van der Waals surface area (Å²) in [7, 11) is -3.35. The molecular formula is C21H27N3O3S. The molecule has 0 spiro atoms. The highest BCUT2D eigenvalue weighted by atomic mass is 32.2. The molecule has 2 aromatic carbocycles. The number of carbonyl (C=O) groups excluding carboxylic acids is 1. The Morgan fingerprint density at radius 3 is 2.36 bits per heavy atom. The number of benzene rings is 2. The molecule has 1 amide bonds. The van der Waals surface area contributed by atoms with Gasteiger partial charge in [0.05, 0.1) is 11.8 Å². The lowest BCUT2D eigenvalue weighted by Gasteiger charge is -2.36. The van der Waals surface area contributed by atoms with Crippen LogP contribution >= 0.6 is 0 Å². The summed E-state index contributed by atoms with van der Waals surface area (Å²) in [5.41, 5.74) is 2.65. The van der Waals surface area contributed by atoms with Gasteiger partial charge in [0.1, 0.15) is 0 Å². The Hall–Kier alpha value is -2.22. The first kappa shape index (κ1) is 20.5. The van der Waals surface area contributed by atoms with Gasteiger partial charge in [0.25, 0.3) is 0 Å². The van der Waals surface area contributed by atoms with Gasteiger partial charge in [0, 0.05) is 31.9 Å². The lowest BCUT2D eigenvalue weighted by Crippen LogP contribution is -2.54. The molecule has 0 bridgehead atoms. The molecule has 0 radical (unpaired) electrons. The standard InChI is InChI=1S/C21H27N3O3S/c1-17-7-6-10-20(15-17)22-21(25)18(2)23-11-13-24(14-12-23)28(26,27)16-19-8-4-3-5-9-19/h3-10,15,18H,11-14,16H2,1-2H3,(H,22,25). The fourth-order valence-corrected chi connectivity index (χ4v) is 4.90. The second-order valence-electron chi connectivity index (χ2n) is 7.21. The normalized spacial score (nSPS) is 17.2. The molecule has 1 N–H and O–H groups in total. The van der Waals surface area contributed by atoms with Crippen LogP contribution in [0.3, 0.4) is 0 Å². The third kappa shape index (κ3) is 5.19. The van der Waals surface area contributed by atoms with E-state index in [0.29, 0.717) is 26.2 Å². The van der Waals surface area contributed by atoms with Gasteiger partial charge in [-0.3, -0.25) is 9.69 Å². The van der Waals surface area contributed by atoms with Crippen molar-refractivity contribution in [3.63, 3.8) is 0 Å². The van der Waals surface area contributed by atoms with Gasteiger partial charge >= 0.3 is 0 Å². The zero-order valence-corrected chi connectivity index (χ0v) is 17.2. The summed E-state index contributed by atoms with van der Waals surface area (Å²) < 4.78 is 26.9. The van der Waals surface area contributed by atoms with Crippen molar-refractivity contribution >= 4 is 21.6 Å². The minimum atomic E-state index is -3.35. The molecular weight excluding hydrogens is 374 g/mol. The highest BCUT2D eigenvalue weighted by molar-refractivity contribution is 7.88. The predicted octanol–water partition coefficient (Wildman–Crippen LogP) is 2.47. The van der Waals surface area contributed by atoms with Crippen LogP contribution < -0.4 is 5.32 Å². The van der Waals surface area contributed by atoms with Crippen molar-refractivity contribution in [1.29, 1.82) is 0 Å². The van der Waals surface area contributed by atoms with Crippen LogP contribution in [0.4, 0.5) is 5.69 Å². The number of hydrogen-bond donors (Lipinski definition) is 1. The van der Waals surface area contributed by atoms with Gasteiger partial charge in [-0.25, -0.2) is 8.42 Å². The Bertz CT molecular complexity index is 908. The van der Waals surface area contributed by atoms with E-state index in [9.17, 15) is 13.2 Å². The van der Waals surface area contributed by atoms with Gasteiger partial charge in [0.15, 0.2) is 0 Å². The smallest absolute Gasteiger partial charge is 0.241 e. The summed E-state index contributed by atoms with van der Waals surface area (Å²) >= 11 is 0. The molecule has 6 nitrogen and oxygen atoms in total. The second kappa shape index (κ2) is 8.86. The molecule has 2 aromatic rings. The Morgan fingerprint density at radius 2 is 1.71 bits per heavy atom. The van der Waals surface area contributed by atoms with Crippen LogP contribution in [0.2, 0.25) is 0 Å². The van der Waals surface area contributed by atoms with E-state index in [2.05, 4.69) is 5.32 Å². The number of aryl methyl sites for hydroxylation is 1. The maximum atomic E-state index is 12.7. The summed E-state index contributed by atoms with van der Waals surface area (Å²) in [6.07, 6.45) is 0. The van der Waals surface area contributed by atoms with Crippen molar-refractivity contribution < 1.29 is 13.2 Å². The van der Waals surface area contributed by atoms with Gasteiger partial charge < -0.3 is 5.32 Å². The molecule has 150 valence electrons. The van der Waals surface area contributed by atoms with Crippen molar-refractivity contribution in [2.24, 2.45) is 0 Å². The number of carbonyl (C=O) groups is 1. The summed E-state index contributed by atoms with van der Waals surface area (Å²) in [5, 5.41) is 2.94. The molecule has 28 heavy (non-hydrogen) atoms. The summed E-state index contributed by atoms with van der Waals surface area (Å²) in [5.74, 6) is -0.0665. The van der Waals surface area contributed by atoms with Crippen molar-refractivity contribution in [1.82, 2.24) is 9.21 Å². The fraction of sp³-hybridized carbons (Fsp3) is 0.381. The maximum absolute atomic E-state index is 12.7. The van der Waals surface area contributed by atoms with Crippen LogP contribution in [0.5, 0.6) is 0 Å². The van der Waals surface area contributed by atoms with E-state index in [1.165, 1.54) is 4.31 Å². The number of amides is 1. The number of anilines is 1. The Labute approximate surface area is 167 Å². The van der Waals surface area contributed by atoms with Crippen LogP contribution in [-0.2, 0) is 20.6 Å². The Kier molecular flexibility index (Phi) is 6.49. The van der Waals surface area contributed by atoms with Crippen LogP contribution in [-0.4, -0.2) is 55.8 Å². The monoisotopic (exact) mass is 401 g/mol. The zero-order valence-electron chi connectivity index (χ0n) is 16.3. The zero-order chi connectivity index (χ0) is 20.1. The molecule has 1 unspecified atom stereocenters. The first-order valence-electron chi connectivity index (χ1n) is 9.48. The van der Waals surface area contributed by atoms with Crippen LogP contribution in [0.25, 0.3) is 0 Å². The quantitative estimate of drug-likeness (QED) is 0.807. The maximum Gasteiger partial charge on any atom is 0.241 e. The van der Waals surface area contributed by atoms with E-state index in [0.717, 1.165) is 16.8 Å². The highest BCUT2D eigenvalue weighted by Crippen LogP contribution is 2.16. The van der Waals surface area contributed by atoms with Gasteiger partial charge in [-0.1, -0.05) is 42.5 Å². The van der Waals surface area contributed by atoms with E-state index in [-0.39, 0.29) is 17.7 Å². The van der Waals surface area contributed by atoms with Crippen molar-refractivity contribution in [2.45, 2.75) is 25.6 Å². The molecule has 0 aromatic heterocycles. The number of sulfonamides is 1. The number of nitrogens with one attached hydrogen (secondary N) is 1. The third-order valence-corrected chi connectivity index (χ3v) is 6.92. The lowest BCUT2D eigenvalue weighted by molar-refractivity contribution is -0.121. The Balaban J connectivity index is 1.54. The SMILES string of the molecule is Cc1cccc(NC(=O)C(C)N2CCN(S(=O)(=O)Cc3ccccc3)CC2)c1. The fourth-order valence-electron chi connectivity index (χ4n) is 3.38. The van der Waals surface area contributed by atoms with Crippen LogP contribution in [0, 0.1) is 6.92 Å². The van der Waals surface area contributed by atoms with Crippen molar-refractivity contribution in [3.8, 4) is 0 Å². The van der Waals surface area contributed by atoms with Crippen LogP contribution in [0.1, 0.15) is 18.1 Å². The molecule has 7 heteroatoms. The average Bonchev–Trinajstić information content (AvgIpc) is 2.68. The molecule has 1 fully saturated rings. The molecule has 1 heterocycles. The molecule has 1 aliphatic heterocycles. The van der Waals surface area contributed by atoms with Gasteiger partial charge in [-0.05, 0) is 37.1 Å². The third-order valence-electron chi connectivity index (χ3n) is 5.07. The summed E-state index contributed by atoms with van der Waals surface area (Å²) in [6, 6.07) is 16.6. The Morgan fingerprint density at radius 1 is 1.04 bits per heavy atom. The van der Waals surface area contributed by atoms with E-state index in [1.54, 1.807) is 0 Å². The molecule has 1 saturated heterocycles. The first-order valence-corrected chi connectivity index (χ1v) is 11.1. The summed E-state index contributed by atoms with van der Waals surface area (Å²) in [6.45, 7) is 5.72.